The monoisotopic (exact) mass is 166 g/mol. The first-order valence-corrected chi connectivity index (χ1v) is 4.36. The number of rotatable bonds is 2. The fraction of sp³-hybridized carbons (Fsp3) is 0.500. The molecule has 0 aromatic rings. The molecule has 1 aliphatic rings. The summed E-state index contributed by atoms with van der Waals surface area (Å²) in [6, 6.07) is 0. The van der Waals surface area contributed by atoms with Crippen LogP contribution in [0.5, 0.6) is 0 Å². The minimum atomic E-state index is -0.344. The van der Waals surface area contributed by atoms with Crippen LogP contribution in [-0.2, 0) is 9.53 Å². The largest absolute Gasteiger partial charge is 0.428 e. The van der Waals surface area contributed by atoms with E-state index >= 15 is 0 Å². The van der Waals surface area contributed by atoms with Crippen molar-refractivity contribution in [1.29, 1.82) is 0 Å². The molecule has 0 unspecified atom stereocenters. The number of allylic oxidation sites excluding steroid dienone is 2. The van der Waals surface area contributed by atoms with Gasteiger partial charge in [-0.3, -0.25) is 0 Å². The summed E-state index contributed by atoms with van der Waals surface area (Å²) < 4.78 is 5.02. The van der Waals surface area contributed by atoms with Crippen molar-refractivity contribution in [3.8, 4) is 0 Å². The number of ether oxygens (including phenoxy) is 1. The van der Waals surface area contributed by atoms with Crippen LogP contribution in [0, 0.1) is 0 Å². The fourth-order valence-electron chi connectivity index (χ4n) is 1.25. The first-order chi connectivity index (χ1) is 5.83. The average molecular weight is 166 g/mol. The number of carbonyl (C=O) groups is 1. The van der Waals surface area contributed by atoms with Gasteiger partial charge in [-0.1, -0.05) is 13.0 Å². The number of hydrogen-bond donors (Lipinski definition) is 0. The van der Waals surface area contributed by atoms with E-state index in [9.17, 15) is 4.79 Å². The second kappa shape index (κ2) is 4.75. The van der Waals surface area contributed by atoms with Crippen LogP contribution in [0.2, 0.25) is 0 Å². The fourth-order valence-corrected chi connectivity index (χ4v) is 1.25. The lowest BCUT2D eigenvalue weighted by Gasteiger charge is -2.03. The maximum absolute atomic E-state index is 10.8. The predicted octanol–water partition coefficient (Wildman–Crippen LogP) is 2.56. The van der Waals surface area contributed by atoms with E-state index in [1.165, 1.54) is 18.9 Å². The van der Waals surface area contributed by atoms with Crippen LogP contribution in [0.25, 0.3) is 0 Å². The van der Waals surface area contributed by atoms with Gasteiger partial charge in [0.15, 0.2) is 0 Å². The van der Waals surface area contributed by atoms with E-state index in [4.69, 9.17) is 4.74 Å². The third-order valence-electron chi connectivity index (χ3n) is 1.90. The van der Waals surface area contributed by atoms with Gasteiger partial charge in [0.25, 0.3) is 0 Å². The van der Waals surface area contributed by atoms with Gasteiger partial charge >= 0.3 is 5.97 Å². The van der Waals surface area contributed by atoms with Crippen LogP contribution in [-0.4, -0.2) is 5.97 Å². The predicted molar refractivity (Wildman–Crippen MR) is 47.5 cm³/mol. The second-order valence-corrected chi connectivity index (χ2v) is 2.89. The highest BCUT2D eigenvalue weighted by atomic mass is 16.5. The minimum absolute atomic E-state index is 0.344. The molecule has 0 fully saturated rings. The SMILES string of the molecule is C=CC(=O)OC1=CCCCCC1. The Kier molecular flexibility index (Phi) is 3.58. The van der Waals surface area contributed by atoms with Crippen LogP contribution < -0.4 is 0 Å². The molecule has 2 heteroatoms. The smallest absolute Gasteiger partial charge is 0.335 e. The van der Waals surface area contributed by atoms with E-state index in [1.54, 1.807) is 0 Å². The first kappa shape index (κ1) is 9.04. The van der Waals surface area contributed by atoms with Crippen molar-refractivity contribution in [2.24, 2.45) is 0 Å². The van der Waals surface area contributed by atoms with Gasteiger partial charge in [0.2, 0.25) is 0 Å². The van der Waals surface area contributed by atoms with Crippen LogP contribution in [0.1, 0.15) is 32.1 Å². The summed E-state index contributed by atoms with van der Waals surface area (Å²) in [5, 5.41) is 0. The van der Waals surface area contributed by atoms with E-state index in [-0.39, 0.29) is 5.97 Å². The zero-order chi connectivity index (χ0) is 8.81. The molecule has 0 spiro atoms. The van der Waals surface area contributed by atoms with Crippen molar-refractivity contribution in [1.82, 2.24) is 0 Å². The van der Waals surface area contributed by atoms with Gasteiger partial charge in [-0.15, -0.1) is 0 Å². The summed E-state index contributed by atoms with van der Waals surface area (Å²) >= 11 is 0. The molecule has 0 saturated heterocycles. The molecule has 1 aliphatic carbocycles. The summed E-state index contributed by atoms with van der Waals surface area (Å²) in [4.78, 5) is 10.8. The maximum Gasteiger partial charge on any atom is 0.335 e. The van der Waals surface area contributed by atoms with Crippen molar-refractivity contribution in [3.05, 3.63) is 24.5 Å². The molecule has 0 aromatic heterocycles. The van der Waals surface area contributed by atoms with Gasteiger partial charge in [-0.25, -0.2) is 4.79 Å². The Morgan fingerprint density at radius 2 is 2.33 bits per heavy atom. The van der Waals surface area contributed by atoms with E-state index in [2.05, 4.69) is 6.58 Å². The molecule has 66 valence electrons. The second-order valence-electron chi connectivity index (χ2n) is 2.89. The molecule has 0 amide bonds. The molecule has 2 nitrogen and oxygen atoms in total. The Morgan fingerprint density at radius 3 is 3.08 bits per heavy atom. The Bertz CT molecular complexity index is 204. The third-order valence-corrected chi connectivity index (χ3v) is 1.90. The summed E-state index contributed by atoms with van der Waals surface area (Å²) in [6.45, 7) is 3.35. The molecule has 1 rings (SSSR count). The lowest BCUT2D eigenvalue weighted by Crippen LogP contribution is -1.99. The number of esters is 1. The first-order valence-electron chi connectivity index (χ1n) is 4.36. The number of hydrogen-bond acceptors (Lipinski definition) is 2. The topological polar surface area (TPSA) is 26.3 Å². The highest BCUT2D eigenvalue weighted by Gasteiger charge is 2.05. The molecular formula is C10H14O2. The molecule has 0 saturated carbocycles. The van der Waals surface area contributed by atoms with Crippen LogP contribution in [0.4, 0.5) is 0 Å². The Morgan fingerprint density at radius 1 is 1.50 bits per heavy atom. The highest BCUT2D eigenvalue weighted by Crippen LogP contribution is 2.17. The quantitative estimate of drug-likeness (QED) is 0.465. The normalized spacial score (nSPS) is 17.5. The molecule has 0 atom stereocenters. The molecule has 0 heterocycles. The van der Waals surface area contributed by atoms with E-state index in [0.29, 0.717) is 0 Å². The van der Waals surface area contributed by atoms with Gasteiger partial charge in [0.05, 0.1) is 0 Å². The van der Waals surface area contributed by atoms with Crippen molar-refractivity contribution in [2.75, 3.05) is 0 Å². The van der Waals surface area contributed by atoms with Gasteiger partial charge < -0.3 is 4.74 Å². The Labute approximate surface area is 72.9 Å². The Hall–Kier alpha value is -1.05. The van der Waals surface area contributed by atoms with E-state index in [0.717, 1.165) is 25.0 Å². The van der Waals surface area contributed by atoms with Gasteiger partial charge in [0.1, 0.15) is 5.76 Å². The van der Waals surface area contributed by atoms with Gasteiger partial charge in [-0.05, 0) is 25.3 Å². The molecule has 0 aliphatic heterocycles. The molecule has 0 aromatic carbocycles. The van der Waals surface area contributed by atoms with Crippen molar-refractivity contribution in [2.45, 2.75) is 32.1 Å². The van der Waals surface area contributed by atoms with Crippen molar-refractivity contribution < 1.29 is 9.53 Å². The number of carbonyl (C=O) groups excluding carboxylic acids is 1. The lowest BCUT2D eigenvalue weighted by atomic mass is 10.2. The summed E-state index contributed by atoms with van der Waals surface area (Å²) in [7, 11) is 0. The van der Waals surface area contributed by atoms with Crippen molar-refractivity contribution in [3.63, 3.8) is 0 Å². The van der Waals surface area contributed by atoms with Crippen LogP contribution in [0.15, 0.2) is 24.5 Å². The zero-order valence-electron chi connectivity index (χ0n) is 7.21. The molecule has 12 heavy (non-hydrogen) atoms. The standard InChI is InChI=1S/C10H14O2/c1-2-10(11)12-9-7-5-3-4-6-8-9/h2,7H,1,3-6,8H2. The molecule has 0 radical (unpaired) electrons. The van der Waals surface area contributed by atoms with Crippen LogP contribution >= 0.6 is 0 Å². The lowest BCUT2D eigenvalue weighted by molar-refractivity contribution is -0.134. The maximum atomic E-state index is 10.8. The van der Waals surface area contributed by atoms with E-state index in [1.807, 2.05) is 6.08 Å². The third kappa shape index (κ3) is 2.91. The average Bonchev–Trinajstić information content (AvgIpc) is 2.33. The summed E-state index contributed by atoms with van der Waals surface area (Å²) in [6.07, 6.45) is 8.68. The Balaban J connectivity index is 2.43. The van der Waals surface area contributed by atoms with Gasteiger partial charge in [0, 0.05) is 12.5 Å². The minimum Gasteiger partial charge on any atom is -0.428 e. The van der Waals surface area contributed by atoms with Crippen molar-refractivity contribution >= 4 is 5.97 Å². The van der Waals surface area contributed by atoms with Gasteiger partial charge in [-0.2, -0.15) is 0 Å². The molecule has 0 N–H and O–H groups in total. The molecule has 0 bridgehead atoms. The van der Waals surface area contributed by atoms with E-state index < -0.39 is 0 Å². The summed E-state index contributed by atoms with van der Waals surface area (Å²) in [5.41, 5.74) is 0. The highest BCUT2D eigenvalue weighted by molar-refractivity contribution is 5.82. The molecular weight excluding hydrogens is 152 g/mol. The summed E-state index contributed by atoms with van der Waals surface area (Å²) in [5.74, 6) is 0.473. The zero-order valence-corrected chi connectivity index (χ0v) is 7.21. The van der Waals surface area contributed by atoms with Crippen LogP contribution in [0.3, 0.4) is 0 Å².